The minimum absolute atomic E-state index is 0.337. The van der Waals surface area contributed by atoms with Crippen LogP contribution in [-0.4, -0.2) is 18.9 Å². The van der Waals surface area contributed by atoms with Crippen molar-refractivity contribution in [3.8, 4) is 11.5 Å². The van der Waals surface area contributed by atoms with Gasteiger partial charge in [0, 0.05) is 11.6 Å². The van der Waals surface area contributed by atoms with Gasteiger partial charge < -0.3 is 14.2 Å². The molecule has 0 aliphatic carbocycles. The Bertz CT molecular complexity index is 890. The Kier molecular flexibility index (Phi) is 7.00. The fourth-order valence-corrected chi connectivity index (χ4v) is 2.69. The van der Waals surface area contributed by atoms with Crippen LogP contribution in [0.25, 0.3) is 0 Å². The van der Waals surface area contributed by atoms with Gasteiger partial charge in [0.1, 0.15) is 31.1 Å². The van der Waals surface area contributed by atoms with E-state index in [1.165, 1.54) is 7.11 Å². The van der Waals surface area contributed by atoms with Gasteiger partial charge in [0.25, 0.3) is 0 Å². The molecule has 0 spiro atoms. The maximum Gasteiger partial charge on any atom is 0.313 e. The number of Topliss-reactive ketones (excluding diaryl/α,β-unsaturated/α-hetero) is 1. The van der Waals surface area contributed by atoms with Gasteiger partial charge in [0.05, 0.1) is 7.11 Å². The van der Waals surface area contributed by atoms with Crippen molar-refractivity contribution in [2.45, 2.75) is 19.6 Å². The number of rotatable bonds is 9. The van der Waals surface area contributed by atoms with Crippen LogP contribution in [0.2, 0.25) is 0 Å². The monoisotopic (exact) mass is 390 g/mol. The minimum Gasteiger partial charge on any atom is -0.489 e. The number of ketones is 1. The zero-order valence-electron chi connectivity index (χ0n) is 16.2. The van der Waals surface area contributed by atoms with E-state index < -0.39 is 5.97 Å². The molecular formula is C24H22O5. The molecule has 5 nitrogen and oxygen atoms in total. The number of carbonyl (C=O) groups excluding carboxylic acids is 2. The predicted molar refractivity (Wildman–Crippen MR) is 109 cm³/mol. The first-order valence-corrected chi connectivity index (χ1v) is 9.22. The standard InChI is InChI=1S/C24H22O5/c1-27-24(26)15-23(25)20-12-21(28-16-18-8-4-2-5-9-18)14-22(13-20)29-17-19-10-6-3-7-11-19/h2-14H,15-17H2,1H3. The number of esters is 1. The zero-order valence-corrected chi connectivity index (χ0v) is 16.2. The Labute approximate surface area is 169 Å². The third kappa shape index (κ3) is 6.21. The summed E-state index contributed by atoms with van der Waals surface area (Å²) in [5, 5.41) is 0. The fourth-order valence-electron chi connectivity index (χ4n) is 2.69. The van der Waals surface area contributed by atoms with Crippen LogP contribution in [0.3, 0.4) is 0 Å². The summed E-state index contributed by atoms with van der Waals surface area (Å²) in [5.41, 5.74) is 2.35. The maximum absolute atomic E-state index is 12.5. The van der Waals surface area contributed by atoms with E-state index in [0.29, 0.717) is 30.3 Å². The van der Waals surface area contributed by atoms with Crippen LogP contribution in [0.15, 0.2) is 78.9 Å². The second-order valence-electron chi connectivity index (χ2n) is 6.42. The first-order chi connectivity index (χ1) is 14.1. The highest BCUT2D eigenvalue weighted by molar-refractivity contribution is 6.06. The number of hydrogen-bond donors (Lipinski definition) is 0. The third-order valence-corrected chi connectivity index (χ3v) is 4.23. The average molecular weight is 390 g/mol. The fraction of sp³-hybridized carbons (Fsp3) is 0.167. The molecule has 5 heteroatoms. The molecule has 0 heterocycles. The first kappa shape index (κ1) is 20.1. The van der Waals surface area contributed by atoms with E-state index in [0.717, 1.165) is 11.1 Å². The molecule has 0 aliphatic rings. The van der Waals surface area contributed by atoms with Crippen LogP contribution in [0.4, 0.5) is 0 Å². The van der Waals surface area contributed by atoms with E-state index in [1.807, 2.05) is 60.7 Å². The van der Waals surface area contributed by atoms with E-state index >= 15 is 0 Å². The van der Waals surface area contributed by atoms with Crippen molar-refractivity contribution in [2.75, 3.05) is 7.11 Å². The summed E-state index contributed by atoms with van der Waals surface area (Å²) in [6, 6.07) is 24.4. The summed E-state index contributed by atoms with van der Waals surface area (Å²) in [6.07, 6.45) is -0.337. The maximum atomic E-state index is 12.5. The third-order valence-electron chi connectivity index (χ3n) is 4.23. The van der Waals surface area contributed by atoms with Crippen molar-refractivity contribution in [1.82, 2.24) is 0 Å². The molecule has 0 saturated carbocycles. The Morgan fingerprint density at radius 1 is 0.724 bits per heavy atom. The number of methoxy groups -OCH3 is 1. The minimum atomic E-state index is -0.586. The summed E-state index contributed by atoms with van der Waals surface area (Å²) in [7, 11) is 1.25. The van der Waals surface area contributed by atoms with Crippen molar-refractivity contribution in [3.05, 3.63) is 95.6 Å². The molecular weight excluding hydrogens is 368 g/mol. The number of carbonyl (C=O) groups is 2. The van der Waals surface area contributed by atoms with E-state index in [1.54, 1.807) is 18.2 Å². The summed E-state index contributed by atoms with van der Waals surface area (Å²) >= 11 is 0. The molecule has 0 aromatic heterocycles. The molecule has 0 aliphatic heterocycles. The Morgan fingerprint density at radius 3 is 1.66 bits per heavy atom. The van der Waals surface area contributed by atoms with Gasteiger partial charge in [-0.15, -0.1) is 0 Å². The Balaban J connectivity index is 1.78. The quantitative estimate of drug-likeness (QED) is 0.304. The van der Waals surface area contributed by atoms with Crippen molar-refractivity contribution in [2.24, 2.45) is 0 Å². The molecule has 3 rings (SSSR count). The van der Waals surface area contributed by atoms with Crippen LogP contribution in [-0.2, 0) is 22.7 Å². The molecule has 3 aromatic rings. The normalized spacial score (nSPS) is 10.2. The molecule has 0 bridgehead atoms. The lowest BCUT2D eigenvalue weighted by atomic mass is 10.1. The molecule has 29 heavy (non-hydrogen) atoms. The number of hydrogen-bond acceptors (Lipinski definition) is 5. The highest BCUT2D eigenvalue weighted by Crippen LogP contribution is 2.26. The molecule has 0 fully saturated rings. The Morgan fingerprint density at radius 2 is 1.21 bits per heavy atom. The number of ether oxygens (including phenoxy) is 3. The molecule has 0 saturated heterocycles. The van der Waals surface area contributed by atoms with Crippen molar-refractivity contribution in [1.29, 1.82) is 0 Å². The van der Waals surface area contributed by atoms with Gasteiger partial charge in [0.15, 0.2) is 5.78 Å². The van der Waals surface area contributed by atoms with E-state index in [2.05, 4.69) is 4.74 Å². The van der Waals surface area contributed by atoms with Crippen LogP contribution in [0.5, 0.6) is 11.5 Å². The first-order valence-electron chi connectivity index (χ1n) is 9.22. The van der Waals surface area contributed by atoms with Crippen LogP contribution >= 0.6 is 0 Å². The van der Waals surface area contributed by atoms with Gasteiger partial charge in [0.2, 0.25) is 0 Å². The lowest BCUT2D eigenvalue weighted by Gasteiger charge is -2.12. The van der Waals surface area contributed by atoms with E-state index in [4.69, 9.17) is 9.47 Å². The van der Waals surface area contributed by atoms with Crippen LogP contribution in [0.1, 0.15) is 27.9 Å². The summed E-state index contributed by atoms with van der Waals surface area (Å²) in [6.45, 7) is 0.710. The van der Waals surface area contributed by atoms with Crippen molar-refractivity contribution >= 4 is 11.8 Å². The predicted octanol–water partition coefficient (Wildman–Crippen LogP) is 4.59. The van der Waals surface area contributed by atoms with Gasteiger partial charge in [-0.25, -0.2) is 0 Å². The molecule has 148 valence electrons. The van der Waals surface area contributed by atoms with Crippen molar-refractivity contribution < 1.29 is 23.8 Å². The Hall–Kier alpha value is -3.60. The van der Waals surface area contributed by atoms with Gasteiger partial charge in [-0.1, -0.05) is 60.7 Å². The SMILES string of the molecule is COC(=O)CC(=O)c1cc(OCc2ccccc2)cc(OCc2ccccc2)c1. The molecule has 0 unspecified atom stereocenters. The van der Waals surface area contributed by atoms with Crippen molar-refractivity contribution in [3.63, 3.8) is 0 Å². The second-order valence-corrected chi connectivity index (χ2v) is 6.42. The molecule has 0 atom stereocenters. The van der Waals surface area contributed by atoms with Gasteiger partial charge in [-0.2, -0.15) is 0 Å². The van der Waals surface area contributed by atoms with Crippen LogP contribution in [0, 0.1) is 0 Å². The number of benzene rings is 3. The van der Waals surface area contributed by atoms with E-state index in [9.17, 15) is 9.59 Å². The molecule has 3 aromatic carbocycles. The summed E-state index contributed by atoms with van der Waals surface area (Å²) in [5.74, 6) is 0.0456. The molecule has 0 amide bonds. The molecule has 0 radical (unpaired) electrons. The summed E-state index contributed by atoms with van der Waals surface area (Å²) < 4.78 is 16.3. The second kappa shape index (κ2) is 10.1. The van der Waals surface area contributed by atoms with Gasteiger partial charge in [-0.3, -0.25) is 9.59 Å². The highest BCUT2D eigenvalue weighted by atomic mass is 16.5. The lowest BCUT2D eigenvalue weighted by Crippen LogP contribution is -2.10. The lowest BCUT2D eigenvalue weighted by molar-refractivity contribution is -0.139. The zero-order chi connectivity index (χ0) is 20.5. The summed E-state index contributed by atoms with van der Waals surface area (Å²) in [4.78, 5) is 23.9. The largest absolute Gasteiger partial charge is 0.489 e. The van der Waals surface area contributed by atoms with Crippen LogP contribution < -0.4 is 9.47 Å². The highest BCUT2D eigenvalue weighted by Gasteiger charge is 2.15. The van der Waals surface area contributed by atoms with E-state index in [-0.39, 0.29) is 12.2 Å². The van der Waals surface area contributed by atoms with Gasteiger partial charge in [-0.05, 0) is 23.3 Å². The smallest absolute Gasteiger partial charge is 0.313 e. The molecule has 0 N–H and O–H groups in total. The average Bonchev–Trinajstić information content (AvgIpc) is 2.77. The van der Waals surface area contributed by atoms with Gasteiger partial charge >= 0.3 is 5.97 Å². The topological polar surface area (TPSA) is 61.8 Å².